The van der Waals surface area contributed by atoms with Crippen molar-refractivity contribution in [2.45, 2.75) is 38.6 Å². The summed E-state index contributed by atoms with van der Waals surface area (Å²) in [7, 11) is 0. The van der Waals surface area contributed by atoms with Crippen LogP contribution in [0.25, 0.3) is 0 Å². The Hall–Kier alpha value is -0.180. The average Bonchev–Trinajstić information content (AvgIpc) is 2.48. The monoisotopic (exact) mass is 201 g/mol. The molecule has 3 heteroatoms. The highest BCUT2D eigenvalue weighted by atomic mass is 32.2. The molecule has 1 aliphatic carbocycles. The fourth-order valence-electron chi connectivity index (χ4n) is 1.83. The molecule has 13 heavy (non-hydrogen) atoms. The van der Waals surface area contributed by atoms with Crippen molar-refractivity contribution in [1.82, 2.24) is 5.32 Å². The largest absolute Gasteiger partial charge is 0.353 e. The van der Waals surface area contributed by atoms with E-state index < -0.39 is 0 Å². The summed E-state index contributed by atoms with van der Waals surface area (Å²) in [4.78, 5) is 11.3. The highest BCUT2D eigenvalue weighted by Gasteiger charge is 2.22. The van der Waals surface area contributed by atoms with E-state index in [0.29, 0.717) is 12.5 Å². The van der Waals surface area contributed by atoms with E-state index >= 15 is 0 Å². The van der Waals surface area contributed by atoms with E-state index in [0.717, 1.165) is 11.7 Å². The van der Waals surface area contributed by atoms with Crippen LogP contribution in [0.15, 0.2) is 0 Å². The lowest BCUT2D eigenvalue weighted by Crippen LogP contribution is -2.33. The van der Waals surface area contributed by atoms with Gasteiger partial charge in [-0.1, -0.05) is 6.92 Å². The molecule has 0 radical (unpaired) electrons. The number of carbonyl (C=O) groups excluding carboxylic acids is 1. The molecule has 0 bridgehead atoms. The minimum Gasteiger partial charge on any atom is -0.353 e. The molecule has 76 valence electrons. The Morgan fingerprint density at radius 3 is 2.85 bits per heavy atom. The number of carbonyl (C=O) groups is 1. The molecular formula is C10H19NOS. The van der Waals surface area contributed by atoms with Crippen molar-refractivity contribution in [3.8, 4) is 0 Å². The lowest BCUT2D eigenvalue weighted by molar-refractivity contribution is -0.121. The summed E-state index contributed by atoms with van der Waals surface area (Å²) < 4.78 is 0. The Morgan fingerprint density at radius 1 is 1.54 bits per heavy atom. The van der Waals surface area contributed by atoms with Crippen LogP contribution in [0, 0.1) is 5.92 Å². The highest BCUT2D eigenvalue weighted by Crippen LogP contribution is 2.24. The number of hydrogen-bond donors (Lipinski definition) is 1. The zero-order valence-corrected chi connectivity index (χ0v) is 9.32. The second-order valence-electron chi connectivity index (χ2n) is 3.93. The van der Waals surface area contributed by atoms with Crippen LogP contribution < -0.4 is 5.32 Å². The third-order valence-corrected chi connectivity index (χ3v) is 3.21. The minimum atomic E-state index is 0.230. The van der Waals surface area contributed by atoms with Gasteiger partial charge in [0.05, 0.1) is 0 Å². The molecule has 1 fully saturated rings. The first-order valence-electron chi connectivity index (χ1n) is 5.00. The van der Waals surface area contributed by atoms with Crippen molar-refractivity contribution in [2.24, 2.45) is 5.92 Å². The zero-order chi connectivity index (χ0) is 9.68. The van der Waals surface area contributed by atoms with Crippen LogP contribution in [0.1, 0.15) is 32.6 Å². The fraction of sp³-hybridized carbons (Fsp3) is 0.900. The van der Waals surface area contributed by atoms with Crippen LogP contribution in [-0.4, -0.2) is 24.0 Å². The van der Waals surface area contributed by atoms with Crippen molar-refractivity contribution in [2.75, 3.05) is 12.0 Å². The van der Waals surface area contributed by atoms with Crippen molar-refractivity contribution in [3.63, 3.8) is 0 Å². The van der Waals surface area contributed by atoms with Crippen molar-refractivity contribution in [1.29, 1.82) is 0 Å². The standard InChI is InChI=1S/C10H19NOS/c1-8-3-4-9(7-8)11-10(12)5-6-13-2/h8-9H,3-7H2,1-2H3,(H,11,12). The summed E-state index contributed by atoms with van der Waals surface area (Å²) in [6.45, 7) is 2.26. The zero-order valence-electron chi connectivity index (χ0n) is 8.51. The molecule has 2 nitrogen and oxygen atoms in total. The maximum atomic E-state index is 11.3. The van der Waals surface area contributed by atoms with E-state index in [9.17, 15) is 4.79 Å². The molecule has 2 atom stereocenters. The first-order valence-corrected chi connectivity index (χ1v) is 6.40. The molecule has 0 aromatic rings. The summed E-state index contributed by atoms with van der Waals surface area (Å²) >= 11 is 1.73. The van der Waals surface area contributed by atoms with Gasteiger partial charge in [-0.25, -0.2) is 0 Å². The lowest BCUT2D eigenvalue weighted by atomic mass is 10.1. The highest BCUT2D eigenvalue weighted by molar-refractivity contribution is 7.98. The maximum absolute atomic E-state index is 11.3. The van der Waals surface area contributed by atoms with Crippen LogP contribution in [-0.2, 0) is 4.79 Å². The second kappa shape index (κ2) is 5.53. The third kappa shape index (κ3) is 4.03. The van der Waals surface area contributed by atoms with Crippen molar-refractivity contribution >= 4 is 17.7 Å². The quantitative estimate of drug-likeness (QED) is 0.754. The number of nitrogens with one attached hydrogen (secondary N) is 1. The summed E-state index contributed by atoms with van der Waals surface area (Å²) in [5.41, 5.74) is 0. The van der Waals surface area contributed by atoms with Crippen LogP contribution in [0.4, 0.5) is 0 Å². The Morgan fingerprint density at radius 2 is 2.31 bits per heavy atom. The molecule has 2 unspecified atom stereocenters. The fourth-order valence-corrected chi connectivity index (χ4v) is 2.22. The average molecular weight is 201 g/mol. The van der Waals surface area contributed by atoms with Crippen molar-refractivity contribution in [3.05, 3.63) is 0 Å². The van der Waals surface area contributed by atoms with E-state index in [4.69, 9.17) is 0 Å². The van der Waals surface area contributed by atoms with Gasteiger partial charge in [-0.3, -0.25) is 4.79 Å². The first-order chi connectivity index (χ1) is 6.22. The Kier molecular flexibility index (Phi) is 4.64. The smallest absolute Gasteiger partial charge is 0.221 e. The lowest BCUT2D eigenvalue weighted by Gasteiger charge is -2.11. The normalized spacial score (nSPS) is 27.5. The summed E-state index contributed by atoms with van der Waals surface area (Å²) in [5.74, 6) is 1.97. The van der Waals surface area contributed by atoms with Gasteiger partial charge in [0, 0.05) is 18.2 Å². The molecule has 1 saturated carbocycles. The summed E-state index contributed by atoms with van der Waals surface area (Å²) in [6.07, 6.45) is 6.32. The molecular weight excluding hydrogens is 182 g/mol. The minimum absolute atomic E-state index is 0.230. The van der Waals surface area contributed by atoms with Gasteiger partial charge < -0.3 is 5.32 Å². The third-order valence-electron chi connectivity index (χ3n) is 2.59. The van der Waals surface area contributed by atoms with E-state index in [1.54, 1.807) is 11.8 Å². The van der Waals surface area contributed by atoms with E-state index in [1.807, 2.05) is 6.26 Å². The van der Waals surface area contributed by atoms with Gasteiger partial charge in [-0.2, -0.15) is 11.8 Å². The first kappa shape index (κ1) is 10.9. The van der Waals surface area contributed by atoms with Gasteiger partial charge in [0.1, 0.15) is 0 Å². The molecule has 0 aromatic heterocycles. The number of amides is 1. The Labute approximate surface area is 84.9 Å². The number of hydrogen-bond acceptors (Lipinski definition) is 2. The van der Waals surface area contributed by atoms with Crippen molar-refractivity contribution < 1.29 is 4.79 Å². The van der Waals surface area contributed by atoms with Crippen LogP contribution in [0.2, 0.25) is 0 Å². The number of rotatable bonds is 4. The van der Waals surface area contributed by atoms with Gasteiger partial charge in [0.2, 0.25) is 5.91 Å². The SMILES string of the molecule is CSCCC(=O)NC1CCC(C)C1. The second-order valence-corrected chi connectivity index (χ2v) is 4.91. The predicted molar refractivity (Wildman–Crippen MR) is 57.9 cm³/mol. The van der Waals surface area contributed by atoms with E-state index in [2.05, 4.69) is 12.2 Å². The van der Waals surface area contributed by atoms with Crippen LogP contribution in [0.5, 0.6) is 0 Å². The van der Waals surface area contributed by atoms with Gasteiger partial charge >= 0.3 is 0 Å². The maximum Gasteiger partial charge on any atom is 0.221 e. The molecule has 1 rings (SSSR count). The van der Waals surface area contributed by atoms with E-state index in [1.165, 1.54) is 19.3 Å². The molecule has 1 aliphatic rings. The predicted octanol–water partition coefficient (Wildman–Crippen LogP) is 2.04. The molecule has 1 amide bonds. The topological polar surface area (TPSA) is 29.1 Å². The van der Waals surface area contributed by atoms with Gasteiger partial charge in [-0.15, -0.1) is 0 Å². The van der Waals surface area contributed by atoms with Gasteiger partial charge in [0.25, 0.3) is 0 Å². The Bertz CT molecular complexity index is 172. The molecule has 0 heterocycles. The molecule has 1 N–H and O–H groups in total. The summed E-state index contributed by atoms with van der Waals surface area (Å²) in [6, 6.07) is 0.462. The Balaban J connectivity index is 2.13. The van der Waals surface area contributed by atoms with Gasteiger partial charge in [-0.05, 0) is 31.4 Å². The van der Waals surface area contributed by atoms with Crippen LogP contribution >= 0.6 is 11.8 Å². The molecule has 0 saturated heterocycles. The molecule has 0 aliphatic heterocycles. The van der Waals surface area contributed by atoms with Gasteiger partial charge in [0.15, 0.2) is 0 Å². The molecule has 0 spiro atoms. The number of thioether (sulfide) groups is 1. The van der Waals surface area contributed by atoms with Crippen LogP contribution in [0.3, 0.4) is 0 Å². The summed E-state index contributed by atoms with van der Waals surface area (Å²) in [5, 5.41) is 3.09. The van der Waals surface area contributed by atoms with E-state index in [-0.39, 0.29) is 5.91 Å². The molecule has 0 aromatic carbocycles.